The lowest BCUT2D eigenvalue weighted by Gasteiger charge is -2.04. The molecule has 0 atom stereocenters. The number of fused-ring (bicyclic) bond motifs is 1. The number of nitrogens with one attached hydrogen (secondary N) is 1. The number of hydrogen-bond acceptors (Lipinski definition) is 4. The van der Waals surface area contributed by atoms with E-state index < -0.39 is 10.1 Å². The molecule has 1 aromatic carbocycles. The average molecular weight is 236 g/mol. The topological polar surface area (TPSA) is 83.0 Å². The van der Waals surface area contributed by atoms with Crippen molar-refractivity contribution in [2.24, 2.45) is 0 Å². The number of nitriles is 1. The van der Waals surface area contributed by atoms with E-state index >= 15 is 0 Å². The highest BCUT2D eigenvalue weighted by Crippen LogP contribution is 2.25. The minimum Gasteiger partial charge on any atom is -0.361 e. The number of aromatic nitrogens is 1. The Kier molecular flexibility index (Phi) is 2.42. The Hall–Kier alpha value is -1.84. The predicted octanol–water partition coefficient (Wildman–Crippen LogP) is 1.37. The van der Waals surface area contributed by atoms with Gasteiger partial charge in [0.05, 0.1) is 12.7 Å². The molecule has 0 fully saturated rings. The van der Waals surface area contributed by atoms with Gasteiger partial charge in [0.15, 0.2) is 0 Å². The molecule has 1 N–H and O–H groups in total. The Morgan fingerprint density at radius 2 is 2.12 bits per heavy atom. The van der Waals surface area contributed by atoms with Gasteiger partial charge in [0.25, 0.3) is 10.1 Å². The van der Waals surface area contributed by atoms with Crippen molar-refractivity contribution in [3.8, 4) is 6.07 Å². The summed E-state index contributed by atoms with van der Waals surface area (Å²) in [4.78, 5) is 2.80. The molecule has 0 aliphatic heterocycles. The maximum absolute atomic E-state index is 11.6. The monoisotopic (exact) mass is 236 g/mol. The number of hydrogen-bond donors (Lipinski definition) is 1. The fraction of sp³-hybridized carbons (Fsp3) is 0.100. The van der Waals surface area contributed by atoms with Crippen LogP contribution in [0.5, 0.6) is 0 Å². The first-order valence-electron chi connectivity index (χ1n) is 4.41. The summed E-state index contributed by atoms with van der Waals surface area (Å²) in [5, 5.41) is 9.58. The molecule has 16 heavy (non-hydrogen) atoms. The number of H-pyrrole nitrogens is 1. The van der Waals surface area contributed by atoms with Gasteiger partial charge in [-0.15, -0.1) is 0 Å². The van der Waals surface area contributed by atoms with Crippen molar-refractivity contribution in [2.45, 2.75) is 4.90 Å². The zero-order valence-electron chi connectivity index (χ0n) is 8.39. The third kappa shape index (κ3) is 1.46. The molecule has 2 aromatic rings. The summed E-state index contributed by atoms with van der Waals surface area (Å²) in [5.41, 5.74) is 0.812. The van der Waals surface area contributed by atoms with Gasteiger partial charge in [-0.3, -0.25) is 4.18 Å². The van der Waals surface area contributed by atoms with Crippen LogP contribution in [-0.2, 0) is 14.3 Å². The molecule has 0 radical (unpaired) electrons. The Labute approximate surface area is 92.4 Å². The second-order valence-electron chi connectivity index (χ2n) is 3.11. The summed E-state index contributed by atoms with van der Waals surface area (Å²) >= 11 is 0. The van der Waals surface area contributed by atoms with Gasteiger partial charge < -0.3 is 4.98 Å². The van der Waals surface area contributed by atoms with Gasteiger partial charge in [-0.05, 0) is 18.2 Å². The van der Waals surface area contributed by atoms with Crippen LogP contribution in [0.4, 0.5) is 0 Å². The van der Waals surface area contributed by atoms with Crippen LogP contribution in [0.15, 0.2) is 29.3 Å². The second-order valence-corrected chi connectivity index (χ2v) is 4.79. The number of benzene rings is 1. The largest absolute Gasteiger partial charge is 0.361 e. The van der Waals surface area contributed by atoms with E-state index in [1.165, 1.54) is 6.07 Å². The molecule has 0 saturated heterocycles. The molecule has 5 nitrogen and oxygen atoms in total. The summed E-state index contributed by atoms with van der Waals surface area (Å²) < 4.78 is 27.5. The first kappa shape index (κ1) is 10.7. The second kappa shape index (κ2) is 3.63. The molecule has 0 aliphatic rings. The van der Waals surface area contributed by atoms with Crippen LogP contribution in [0, 0.1) is 11.3 Å². The zero-order valence-corrected chi connectivity index (χ0v) is 9.21. The summed E-state index contributed by atoms with van der Waals surface area (Å²) in [6.07, 6.45) is 1.65. The predicted molar refractivity (Wildman–Crippen MR) is 57.2 cm³/mol. The molecule has 2 rings (SSSR count). The van der Waals surface area contributed by atoms with Crippen LogP contribution in [0.3, 0.4) is 0 Å². The lowest BCUT2D eigenvalue weighted by atomic mass is 10.1. The quantitative estimate of drug-likeness (QED) is 0.798. The molecule has 82 valence electrons. The molecule has 0 bridgehead atoms. The minimum absolute atomic E-state index is 0.0978. The van der Waals surface area contributed by atoms with Crippen molar-refractivity contribution in [1.29, 1.82) is 5.26 Å². The minimum atomic E-state index is -3.85. The fourth-order valence-electron chi connectivity index (χ4n) is 1.53. The van der Waals surface area contributed by atoms with Crippen LogP contribution in [0.25, 0.3) is 10.9 Å². The maximum Gasteiger partial charge on any atom is 0.298 e. The van der Waals surface area contributed by atoms with E-state index in [2.05, 4.69) is 9.17 Å². The average Bonchev–Trinajstić information content (AvgIpc) is 2.75. The van der Waals surface area contributed by atoms with Crippen molar-refractivity contribution >= 4 is 21.0 Å². The summed E-state index contributed by atoms with van der Waals surface area (Å²) in [5.74, 6) is 0. The smallest absolute Gasteiger partial charge is 0.298 e. The van der Waals surface area contributed by atoms with Gasteiger partial charge in [-0.1, -0.05) is 0 Å². The lowest BCUT2D eigenvalue weighted by Crippen LogP contribution is -2.05. The summed E-state index contributed by atoms with van der Waals surface area (Å²) in [7, 11) is -2.78. The zero-order chi connectivity index (χ0) is 11.8. The Bertz CT molecular complexity index is 680. The number of nitrogens with zero attached hydrogens (tertiary/aromatic N) is 1. The van der Waals surface area contributed by atoms with Crippen molar-refractivity contribution in [3.63, 3.8) is 0 Å². The van der Waals surface area contributed by atoms with E-state index in [-0.39, 0.29) is 10.5 Å². The third-order valence-corrected chi connectivity index (χ3v) is 3.61. The van der Waals surface area contributed by atoms with Gasteiger partial charge >= 0.3 is 0 Å². The molecule has 0 unspecified atom stereocenters. The SMILES string of the molecule is COS(=O)(=O)c1ccc2[nH]ccc2c1C#N. The van der Waals surface area contributed by atoms with Crippen LogP contribution < -0.4 is 0 Å². The van der Waals surface area contributed by atoms with E-state index in [4.69, 9.17) is 5.26 Å². The Morgan fingerprint density at radius 3 is 2.75 bits per heavy atom. The highest BCUT2D eigenvalue weighted by atomic mass is 32.2. The Morgan fingerprint density at radius 1 is 1.38 bits per heavy atom. The maximum atomic E-state index is 11.6. The number of rotatable bonds is 2. The molecule has 1 aromatic heterocycles. The molecular weight excluding hydrogens is 228 g/mol. The third-order valence-electron chi connectivity index (χ3n) is 2.30. The molecular formula is C10H8N2O3S. The first-order chi connectivity index (χ1) is 7.60. The highest BCUT2D eigenvalue weighted by molar-refractivity contribution is 7.86. The van der Waals surface area contributed by atoms with Gasteiger partial charge in [-0.25, -0.2) is 0 Å². The van der Waals surface area contributed by atoms with E-state index in [0.29, 0.717) is 10.9 Å². The molecule has 0 aliphatic carbocycles. The first-order valence-corrected chi connectivity index (χ1v) is 5.82. The lowest BCUT2D eigenvalue weighted by molar-refractivity contribution is 0.397. The van der Waals surface area contributed by atoms with Crippen molar-refractivity contribution in [1.82, 2.24) is 4.98 Å². The fourth-order valence-corrected chi connectivity index (χ4v) is 2.35. The molecule has 0 spiro atoms. The normalized spacial score (nSPS) is 11.5. The molecule has 6 heteroatoms. The van der Waals surface area contributed by atoms with Gasteiger partial charge in [0.1, 0.15) is 11.0 Å². The highest BCUT2D eigenvalue weighted by Gasteiger charge is 2.20. The summed E-state index contributed by atoms with van der Waals surface area (Å²) in [6, 6.07) is 6.50. The molecule has 1 heterocycles. The van der Waals surface area contributed by atoms with Crippen LogP contribution >= 0.6 is 0 Å². The molecule has 0 amide bonds. The van der Waals surface area contributed by atoms with E-state index in [1.807, 2.05) is 6.07 Å². The van der Waals surface area contributed by atoms with Crippen molar-refractivity contribution in [3.05, 3.63) is 30.0 Å². The van der Waals surface area contributed by atoms with E-state index in [9.17, 15) is 8.42 Å². The van der Waals surface area contributed by atoms with Crippen molar-refractivity contribution in [2.75, 3.05) is 7.11 Å². The summed E-state index contributed by atoms with van der Waals surface area (Å²) in [6.45, 7) is 0. The van der Waals surface area contributed by atoms with E-state index in [1.54, 1.807) is 18.3 Å². The Balaban J connectivity index is 2.87. The number of aromatic amines is 1. The van der Waals surface area contributed by atoms with Crippen LogP contribution in [-0.4, -0.2) is 20.5 Å². The molecule has 0 saturated carbocycles. The van der Waals surface area contributed by atoms with Gasteiger partial charge in [-0.2, -0.15) is 13.7 Å². The van der Waals surface area contributed by atoms with Crippen molar-refractivity contribution < 1.29 is 12.6 Å². The van der Waals surface area contributed by atoms with Gasteiger partial charge in [0, 0.05) is 17.1 Å². The van der Waals surface area contributed by atoms with Gasteiger partial charge in [0.2, 0.25) is 0 Å². The van der Waals surface area contributed by atoms with Crippen LogP contribution in [0.2, 0.25) is 0 Å². The van der Waals surface area contributed by atoms with Crippen LogP contribution in [0.1, 0.15) is 5.56 Å². The van der Waals surface area contributed by atoms with E-state index in [0.717, 1.165) is 7.11 Å². The standard InChI is InChI=1S/C10H8N2O3S/c1-15-16(13,14)10-3-2-9-7(4-5-12-9)8(10)6-11/h2-5,12H,1H3.